The molecule has 2 atom stereocenters. The van der Waals surface area contributed by atoms with E-state index in [1.54, 1.807) is 0 Å². The first kappa shape index (κ1) is 13.8. The van der Waals surface area contributed by atoms with Crippen LogP contribution in [-0.4, -0.2) is 26.2 Å². The number of carbonyl (C=O) groups excluding carboxylic acids is 1. The van der Waals surface area contributed by atoms with Crippen LogP contribution in [0.4, 0.5) is 0 Å². The summed E-state index contributed by atoms with van der Waals surface area (Å²) in [6.45, 7) is 4.70. The van der Waals surface area contributed by atoms with Crippen LogP contribution in [0, 0.1) is 0 Å². The molecular weight excluding hydrogens is 264 g/mol. The van der Waals surface area contributed by atoms with E-state index in [9.17, 15) is 4.79 Å². The summed E-state index contributed by atoms with van der Waals surface area (Å²) in [5.41, 5.74) is 2.72. The lowest BCUT2D eigenvalue weighted by molar-refractivity contribution is -0.123. The molecule has 2 unspecified atom stereocenters. The second-order valence-electron chi connectivity index (χ2n) is 6.95. The summed E-state index contributed by atoms with van der Waals surface area (Å²) in [7, 11) is -1.18. The molecule has 0 spiro atoms. The maximum absolute atomic E-state index is 12.5. The summed E-state index contributed by atoms with van der Waals surface area (Å²) in [4.78, 5) is 12.5. The Morgan fingerprint density at radius 2 is 2.15 bits per heavy atom. The highest BCUT2D eigenvalue weighted by molar-refractivity contribution is 6.78. The summed E-state index contributed by atoms with van der Waals surface area (Å²) in [5.74, 6) is 0.199. The van der Waals surface area contributed by atoms with Gasteiger partial charge in [0.05, 0.1) is 20.2 Å². The average molecular weight is 288 g/mol. The molecule has 1 aromatic rings. The van der Waals surface area contributed by atoms with Crippen LogP contribution in [0.2, 0.25) is 19.1 Å². The molecule has 1 amide bonds. The van der Waals surface area contributed by atoms with E-state index in [0.717, 1.165) is 25.1 Å². The summed E-state index contributed by atoms with van der Waals surface area (Å²) < 4.78 is 0. The molecule has 0 bridgehead atoms. The minimum Gasteiger partial charge on any atom is -0.348 e. The van der Waals surface area contributed by atoms with Crippen molar-refractivity contribution in [2.24, 2.45) is 0 Å². The molecule has 108 valence electrons. The average Bonchev–Trinajstić information content (AvgIpc) is 2.80. The van der Waals surface area contributed by atoms with Gasteiger partial charge in [0.25, 0.3) is 0 Å². The van der Waals surface area contributed by atoms with Crippen molar-refractivity contribution in [2.45, 2.75) is 50.5 Å². The van der Waals surface area contributed by atoms with Gasteiger partial charge in [0.15, 0.2) is 0 Å². The highest BCUT2D eigenvalue weighted by atomic mass is 28.3. The Bertz CT molecular complexity index is 515. The molecule has 20 heavy (non-hydrogen) atoms. The van der Waals surface area contributed by atoms with Crippen molar-refractivity contribution < 1.29 is 4.79 Å². The number of amides is 1. The van der Waals surface area contributed by atoms with Crippen LogP contribution in [0.15, 0.2) is 24.3 Å². The normalized spacial score (nSPS) is 27.9. The fraction of sp³-hybridized carbons (Fsp3) is 0.562. The standard InChI is InChI=1S/C16H24N2OSi/c1-20(2)10-15(17-11-20)16(19)18-14-9-5-7-12-6-3-4-8-13(12)14/h3-4,6,8,14-15,17H,5,7,9-11H2,1-2H3,(H,18,19). The molecule has 3 nitrogen and oxygen atoms in total. The van der Waals surface area contributed by atoms with E-state index in [4.69, 9.17) is 0 Å². The highest BCUT2D eigenvalue weighted by Gasteiger charge is 2.37. The van der Waals surface area contributed by atoms with Gasteiger partial charge in [-0.25, -0.2) is 0 Å². The van der Waals surface area contributed by atoms with Crippen molar-refractivity contribution in [1.82, 2.24) is 10.6 Å². The Balaban J connectivity index is 1.69. The number of rotatable bonds is 2. The maximum Gasteiger partial charge on any atom is 0.237 e. The van der Waals surface area contributed by atoms with Crippen LogP contribution in [-0.2, 0) is 11.2 Å². The Kier molecular flexibility index (Phi) is 3.69. The van der Waals surface area contributed by atoms with Gasteiger partial charge in [0, 0.05) is 0 Å². The molecule has 2 N–H and O–H groups in total. The van der Waals surface area contributed by atoms with E-state index in [1.807, 2.05) is 0 Å². The fourth-order valence-electron chi connectivity index (χ4n) is 3.46. The van der Waals surface area contributed by atoms with Crippen molar-refractivity contribution in [1.29, 1.82) is 0 Å². The second-order valence-corrected chi connectivity index (χ2v) is 12.0. The quantitative estimate of drug-likeness (QED) is 0.821. The van der Waals surface area contributed by atoms with Crippen LogP contribution in [0.5, 0.6) is 0 Å². The van der Waals surface area contributed by atoms with Crippen molar-refractivity contribution >= 4 is 14.0 Å². The van der Waals surface area contributed by atoms with Crippen LogP contribution >= 0.6 is 0 Å². The van der Waals surface area contributed by atoms with E-state index in [0.29, 0.717) is 0 Å². The molecule has 1 aliphatic carbocycles. The van der Waals surface area contributed by atoms with Crippen LogP contribution in [0.3, 0.4) is 0 Å². The number of fused-ring (bicyclic) bond motifs is 1. The van der Waals surface area contributed by atoms with Crippen molar-refractivity contribution in [3.8, 4) is 0 Å². The molecule has 1 aliphatic heterocycles. The van der Waals surface area contributed by atoms with Gasteiger partial charge in [-0.3, -0.25) is 4.79 Å². The largest absolute Gasteiger partial charge is 0.348 e. The lowest BCUT2D eigenvalue weighted by Crippen LogP contribution is -2.42. The zero-order chi connectivity index (χ0) is 14.2. The number of benzene rings is 1. The van der Waals surface area contributed by atoms with Crippen LogP contribution < -0.4 is 10.6 Å². The van der Waals surface area contributed by atoms with E-state index in [2.05, 4.69) is 48.0 Å². The third kappa shape index (κ3) is 2.81. The first-order valence-electron chi connectivity index (χ1n) is 7.67. The number of aryl methyl sites for hydroxylation is 1. The van der Waals surface area contributed by atoms with Gasteiger partial charge < -0.3 is 10.6 Å². The van der Waals surface area contributed by atoms with E-state index in [-0.39, 0.29) is 18.0 Å². The molecule has 1 aromatic carbocycles. The zero-order valence-electron chi connectivity index (χ0n) is 12.4. The summed E-state index contributed by atoms with van der Waals surface area (Å²) in [6.07, 6.45) is 4.44. The summed E-state index contributed by atoms with van der Waals surface area (Å²) >= 11 is 0. The molecule has 1 fully saturated rings. The Morgan fingerprint density at radius 1 is 1.35 bits per heavy atom. The van der Waals surface area contributed by atoms with Gasteiger partial charge in [-0.15, -0.1) is 0 Å². The Hall–Kier alpha value is -1.13. The first-order valence-corrected chi connectivity index (χ1v) is 11.1. The number of hydrogen-bond donors (Lipinski definition) is 2. The van der Waals surface area contributed by atoms with Gasteiger partial charge in [-0.1, -0.05) is 37.4 Å². The second kappa shape index (κ2) is 5.33. The molecular formula is C16H24N2OSi. The topological polar surface area (TPSA) is 41.1 Å². The summed E-state index contributed by atoms with van der Waals surface area (Å²) in [5, 5.41) is 6.69. The van der Waals surface area contributed by atoms with E-state index >= 15 is 0 Å². The van der Waals surface area contributed by atoms with Gasteiger partial charge in [0.2, 0.25) is 5.91 Å². The lowest BCUT2D eigenvalue weighted by atomic mass is 9.87. The monoisotopic (exact) mass is 288 g/mol. The third-order valence-corrected chi connectivity index (χ3v) is 7.26. The fourth-order valence-corrected chi connectivity index (χ4v) is 5.84. The molecule has 1 saturated heterocycles. The van der Waals surface area contributed by atoms with Crippen LogP contribution in [0.1, 0.15) is 30.0 Å². The molecule has 4 heteroatoms. The molecule has 3 rings (SSSR count). The molecule has 1 heterocycles. The summed E-state index contributed by atoms with van der Waals surface area (Å²) in [6, 6.07) is 9.83. The predicted octanol–water partition coefficient (Wildman–Crippen LogP) is 2.40. The van der Waals surface area contributed by atoms with E-state index < -0.39 is 8.07 Å². The Morgan fingerprint density at radius 3 is 2.90 bits per heavy atom. The molecule has 2 aliphatic rings. The molecule has 0 aromatic heterocycles. The minimum atomic E-state index is -1.18. The SMILES string of the molecule is C[Si]1(C)CNC(C(=O)NC2CCCc3ccccc32)C1. The predicted molar refractivity (Wildman–Crippen MR) is 84.3 cm³/mol. The molecule has 0 radical (unpaired) electrons. The van der Waals surface area contributed by atoms with Crippen molar-refractivity contribution in [2.75, 3.05) is 6.17 Å². The third-order valence-electron chi connectivity index (χ3n) is 4.59. The van der Waals surface area contributed by atoms with Gasteiger partial charge in [-0.2, -0.15) is 0 Å². The maximum atomic E-state index is 12.5. The van der Waals surface area contributed by atoms with Gasteiger partial charge in [-0.05, 0) is 42.6 Å². The minimum absolute atomic E-state index is 0.0331. The zero-order valence-corrected chi connectivity index (χ0v) is 13.4. The van der Waals surface area contributed by atoms with Crippen LogP contribution in [0.25, 0.3) is 0 Å². The highest BCUT2D eigenvalue weighted by Crippen LogP contribution is 2.30. The van der Waals surface area contributed by atoms with Gasteiger partial charge >= 0.3 is 0 Å². The van der Waals surface area contributed by atoms with E-state index in [1.165, 1.54) is 17.5 Å². The smallest absolute Gasteiger partial charge is 0.237 e. The number of carbonyl (C=O) groups is 1. The van der Waals surface area contributed by atoms with Gasteiger partial charge in [0.1, 0.15) is 0 Å². The molecule has 0 saturated carbocycles. The lowest BCUT2D eigenvalue weighted by Gasteiger charge is -2.27. The number of nitrogens with one attached hydrogen (secondary N) is 2. The van der Waals surface area contributed by atoms with Crippen molar-refractivity contribution in [3.63, 3.8) is 0 Å². The van der Waals surface area contributed by atoms with Crippen molar-refractivity contribution in [3.05, 3.63) is 35.4 Å². The Labute approximate surface area is 122 Å². The number of hydrogen-bond acceptors (Lipinski definition) is 2. The first-order chi connectivity index (χ1) is 9.55.